The Morgan fingerprint density at radius 2 is 1.82 bits per heavy atom. The normalized spacial score (nSPS) is 15.3. The van der Waals surface area contributed by atoms with Crippen molar-refractivity contribution in [1.82, 2.24) is 25.0 Å². The van der Waals surface area contributed by atoms with Gasteiger partial charge in [-0.05, 0) is 78.0 Å². The smallest absolute Gasteiger partial charge is 0.142 e. The van der Waals surface area contributed by atoms with E-state index in [0.29, 0.717) is 28.6 Å². The number of likely N-dealkylation sites (tertiary alicyclic amines) is 1. The standard InChI is InChI=1S/C39H42BrClN6O4/c1-26(23-48)44-20-30-15-35(41)38(16-37(30)50-24-28-14-27(17-42)18-43-19-28)51-25-29-6-4-8-33(39(29)40)32-7-5-9-36-34(32)21-45-47(36)12-3-2-11-46-13-10-31(49)22-46/h4-9,14-16,18-19,21,26,31,44,48-49H,2-3,10-13,20,22-25H2,1H3/t26-,31-/m1/s1. The van der Waals surface area contributed by atoms with Crippen LogP contribution in [0.4, 0.5) is 0 Å². The maximum absolute atomic E-state index is 9.80. The molecule has 0 bridgehead atoms. The monoisotopic (exact) mass is 772 g/mol. The number of benzene rings is 3. The van der Waals surface area contributed by atoms with Crippen LogP contribution in [0, 0.1) is 11.3 Å². The van der Waals surface area contributed by atoms with Crippen LogP contribution < -0.4 is 14.8 Å². The molecule has 266 valence electrons. The summed E-state index contributed by atoms with van der Waals surface area (Å²) >= 11 is 10.6. The number of aliphatic hydroxyl groups excluding tert-OH is 2. The molecule has 6 rings (SSSR count). The lowest BCUT2D eigenvalue weighted by Crippen LogP contribution is -2.28. The predicted octanol–water partition coefficient (Wildman–Crippen LogP) is 6.86. The van der Waals surface area contributed by atoms with Gasteiger partial charge in [0.15, 0.2) is 0 Å². The largest absolute Gasteiger partial charge is 0.488 e. The number of hydrogen-bond donors (Lipinski definition) is 3. The minimum Gasteiger partial charge on any atom is -0.488 e. The number of pyridine rings is 1. The van der Waals surface area contributed by atoms with Gasteiger partial charge in [0.25, 0.3) is 0 Å². The molecule has 0 aliphatic carbocycles. The second-order valence-corrected chi connectivity index (χ2v) is 14.2. The van der Waals surface area contributed by atoms with E-state index in [2.05, 4.69) is 66.1 Å². The zero-order chi connectivity index (χ0) is 35.7. The number of fused-ring (bicyclic) bond motifs is 1. The Kier molecular flexibility index (Phi) is 12.6. The van der Waals surface area contributed by atoms with Gasteiger partial charge in [0.1, 0.15) is 30.8 Å². The third-order valence-corrected chi connectivity index (χ3v) is 10.4. The number of nitrogens with one attached hydrogen (secondary N) is 1. The number of ether oxygens (including phenoxy) is 2. The fourth-order valence-electron chi connectivity index (χ4n) is 6.28. The van der Waals surface area contributed by atoms with E-state index in [0.717, 1.165) is 88.6 Å². The molecule has 0 radical (unpaired) electrons. The number of aromatic nitrogens is 3. The van der Waals surface area contributed by atoms with Gasteiger partial charge in [-0.3, -0.25) is 9.67 Å². The highest BCUT2D eigenvalue weighted by molar-refractivity contribution is 9.10. The molecule has 3 N–H and O–H groups in total. The molecule has 0 spiro atoms. The predicted molar refractivity (Wildman–Crippen MR) is 202 cm³/mol. The lowest BCUT2D eigenvalue weighted by atomic mass is 10.00. The number of halogens is 2. The molecule has 3 aromatic carbocycles. The fourth-order valence-corrected chi connectivity index (χ4v) is 7.11. The first-order valence-electron chi connectivity index (χ1n) is 17.2. The zero-order valence-corrected chi connectivity index (χ0v) is 30.9. The van der Waals surface area contributed by atoms with Crippen molar-refractivity contribution in [2.75, 3.05) is 26.2 Å². The Labute approximate surface area is 311 Å². The van der Waals surface area contributed by atoms with Crippen LogP contribution >= 0.6 is 27.5 Å². The average molecular weight is 774 g/mol. The molecular weight excluding hydrogens is 732 g/mol. The summed E-state index contributed by atoms with van der Waals surface area (Å²) < 4.78 is 15.6. The summed E-state index contributed by atoms with van der Waals surface area (Å²) in [5, 5.41) is 38.1. The Bertz CT molecular complexity index is 2000. The molecule has 51 heavy (non-hydrogen) atoms. The van der Waals surface area contributed by atoms with E-state index >= 15 is 0 Å². The van der Waals surface area contributed by atoms with Crippen LogP contribution in [0.5, 0.6) is 11.5 Å². The number of unbranched alkanes of at least 4 members (excludes halogenated alkanes) is 1. The third-order valence-electron chi connectivity index (χ3n) is 9.13. The van der Waals surface area contributed by atoms with Crippen molar-refractivity contribution in [3.05, 3.63) is 105 Å². The van der Waals surface area contributed by atoms with Crippen LogP contribution in [0.25, 0.3) is 22.0 Å². The van der Waals surface area contributed by atoms with Crippen LogP contribution in [-0.2, 0) is 26.3 Å². The zero-order valence-electron chi connectivity index (χ0n) is 28.6. The summed E-state index contributed by atoms with van der Waals surface area (Å²) in [6.45, 7) is 6.36. The summed E-state index contributed by atoms with van der Waals surface area (Å²) in [5.74, 6) is 1.04. The van der Waals surface area contributed by atoms with Gasteiger partial charge >= 0.3 is 0 Å². The van der Waals surface area contributed by atoms with Gasteiger partial charge in [-0.2, -0.15) is 10.4 Å². The summed E-state index contributed by atoms with van der Waals surface area (Å²) in [6, 6.07) is 19.8. The van der Waals surface area contributed by atoms with Crippen molar-refractivity contribution in [3.63, 3.8) is 0 Å². The van der Waals surface area contributed by atoms with Crippen molar-refractivity contribution < 1.29 is 19.7 Å². The van der Waals surface area contributed by atoms with Crippen molar-refractivity contribution in [2.24, 2.45) is 0 Å². The maximum Gasteiger partial charge on any atom is 0.142 e. The van der Waals surface area contributed by atoms with E-state index in [1.807, 2.05) is 31.3 Å². The molecule has 10 nitrogen and oxygen atoms in total. The first-order chi connectivity index (χ1) is 24.8. The molecule has 1 aliphatic rings. The fraction of sp³-hybridized carbons (Fsp3) is 0.359. The first kappa shape index (κ1) is 36.8. The highest BCUT2D eigenvalue weighted by Crippen LogP contribution is 2.38. The Balaban J connectivity index is 1.17. The molecule has 1 saturated heterocycles. The van der Waals surface area contributed by atoms with E-state index < -0.39 is 0 Å². The first-order valence-corrected chi connectivity index (χ1v) is 18.4. The van der Waals surface area contributed by atoms with E-state index in [1.165, 1.54) is 6.20 Å². The highest BCUT2D eigenvalue weighted by Gasteiger charge is 2.20. The van der Waals surface area contributed by atoms with E-state index in [-0.39, 0.29) is 32.0 Å². The Hall–Kier alpha value is -4.02. The van der Waals surface area contributed by atoms with Crippen molar-refractivity contribution >= 4 is 38.4 Å². The van der Waals surface area contributed by atoms with Gasteiger partial charge in [0.05, 0.1) is 35.0 Å². The van der Waals surface area contributed by atoms with Gasteiger partial charge < -0.3 is 29.9 Å². The van der Waals surface area contributed by atoms with Gasteiger partial charge in [-0.25, -0.2) is 0 Å². The lowest BCUT2D eigenvalue weighted by Gasteiger charge is -2.18. The molecule has 2 atom stereocenters. The number of hydrogen-bond acceptors (Lipinski definition) is 9. The van der Waals surface area contributed by atoms with Crippen LogP contribution in [0.15, 0.2) is 77.7 Å². The quantitative estimate of drug-likeness (QED) is 0.0922. The van der Waals surface area contributed by atoms with E-state index in [1.54, 1.807) is 18.3 Å². The molecule has 12 heteroatoms. The molecule has 2 aromatic heterocycles. The number of aryl methyl sites for hydroxylation is 1. The summed E-state index contributed by atoms with van der Waals surface area (Å²) in [6.07, 6.45) is 7.90. The number of aliphatic hydroxyl groups is 2. The van der Waals surface area contributed by atoms with Crippen LogP contribution in [0.2, 0.25) is 5.02 Å². The minimum absolute atomic E-state index is 0.00544. The summed E-state index contributed by atoms with van der Waals surface area (Å²) in [7, 11) is 0. The van der Waals surface area contributed by atoms with Crippen LogP contribution in [0.1, 0.15) is 48.4 Å². The second kappa shape index (κ2) is 17.5. The number of nitrogens with zero attached hydrogens (tertiary/aromatic N) is 5. The minimum atomic E-state index is -0.181. The highest BCUT2D eigenvalue weighted by atomic mass is 79.9. The molecular formula is C39H42BrClN6O4. The van der Waals surface area contributed by atoms with Gasteiger partial charge in [-0.1, -0.05) is 41.9 Å². The lowest BCUT2D eigenvalue weighted by molar-refractivity contribution is 0.175. The maximum atomic E-state index is 9.80. The summed E-state index contributed by atoms with van der Waals surface area (Å²) in [4.78, 5) is 6.47. The average Bonchev–Trinajstić information content (AvgIpc) is 3.77. The van der Waals surface area contributed by atoms with E-state index in [9.17, 15) is 15.5 Å². The van der Waals surface area contributed by atoms with Crippen LogP contribution in [0.3, 0.4) is 0 Å². The molecule has 1 aliphatic heterocycles. The van der Waals surface area contributed by atoms with Gasteiger partial charge in [-0.15, -0.1) is 0 Å². The van der Waals surface area contributed by atoms with E-state index in [4.69, 9.17) is 26.2 Å². The third kappa shape index (κ3) is 9.26. The van der Waals surface area contributed by atoms with Crippen molar-refractivity contribution in [1.29, 1.82) is 5.26 Å². The SMILES string of the molecule is C[C@H](CO)NCc1cc(Cl)c(OCc2cccc(-c3cccc4c3cnn4CCCCN3CC[C@@H](O)C3)c2Br)cc1OCc1cncc(C#N)c1. The molecule has 0 saturated carbocycles. The number of nitriles is 1. The second-order valence-electron chi connectivity index (χ2n) is 13.0. The Morgan fingerprint density at radius 3 is 2.63 bits per heavy atom. The topological polar surface area (TPSA) is 129 Å². The number of rotatable bonds is 16. The molecule has 0 unspecified atom stereocenters. The van der Waals surface area contributed by atoms with Crippen molar-refractivity contribution in [2.45, 2.75) is 64.6 Å². The van der Waals surface area contributed by atoms with Gasteiger partial charge in [0.2, 0.25) is 0 Å². The Morgan fingerprint density at radius 1 is 1.02 bits per heavy atom. The summed E-state index contributed by atoms with van der Waals surface area (Å²) in [5.41, 5.74) is 6.18. The van der Waals surface area contributed by atoms with Crippen molar-refractivity contribution in [3.8, 4) is 28.7 Å². The number of β-amino-alcohol motifs (C(OH)–C–C–N with tert-alkyl or cyclic N) is 1. The molecule has 5 aromatic rings. The molecule has 0 amide bonds. The molecule has 3 heterocycles. The van der Waals surface area contributed by atoms with Gasteiger partial charge in [0, 0.05) is 77.2 Å². The van der Waals surface area contributed by atoms with Crippen LogP contribution in [-0.4, -0.2) is 68.3 Å². The molecule has 1 fully saturated rings.